The van der Waals surface area contributed by atoms with Crippen LogP contribution in [0.15, 0.2) is 51.0 Å². The third-order valence-corrected chi connectivity index (χ3v) is 7.30. The second kappa shape index (κ2) is 9.35. The predicted molar refractivity (Wildman–Crippen MR) is 111 cm³/mol. The highest BCUT2D eigenvalue weighted by Crippen LogP contribution is 2.17. The molecule has 0 spiro atoms. The fourth-order valence-corrected chi connectivity index (χ4v) is 5.08. The number of piperazine rings is 1. The standard InChI is InChI=1S/C18H24FN5O2S2/c1-20-18(21-8-9-22-28(25,26)17-3-2-14-27-17)24-12-10-23(11-13-24)16-6-4-15(19)5-7-16/h2-7,14,22H,8-13H2,1H3,(H,20,21). The molecule has 0 bridgehead atoms. The van der Waals surface area contributed by atoms with E-state index in [9.17, 15) is 12.8 Å². The Hall–Kier alpha value is -2.17. The molecule has 152 valence electrons. The average molecular weight is 426 g/mol. The third-order valence-electron chi connectivity index (χ3n) is 4.44. The molecule has 2 N–H and O–H groups in total. The Morgan fingerprint density at radius 3 is 2.46 bits per heavy atom. The molecule has 10 heteroatoms. The van der Waals surface area contributed by atoms with E-state index >= 15 is 0 Å². The second-order valence-corrected chi connectivity index (χ2v) is 9.20. The molecule has 0 saturated carbocycles. The Kier molecular flexibility index (Phi) is 6.87. The zero-order valence-corrected chi connectivity index (χ0v) is 17.3. The first kappa shape index (κ1) is 20.6. The van der Waals surface area contributed by atoms with E-state index in [1.807, 2.05) is 0 Å². The predicted octanol–water partition coefficient (Wildman–Crippen LogP) is 1.56. The summed E-state index contributed by atoms with van der Waals surface area (Å²) in [4.78, 5) is 8.63. The molecule has 2 aromatic rings. The fraction of sp³-hybridized carbons (Fsp3) is 0.389. The van der Waals surface area contributed by atoms with Crippen molar-refractivity contribution in [3.8, 4) is 0 Å². The maximum atomic E-state index is 13.1. The van der Waals surface area contributed by atoms with Crippen molar-refractivity contribution in [2.24, 2.45) is 4.99 Å². The van der Waals surface area contributed by atoms with Crippen LogP contribution in [-0.2, 0) is 10.0 Å². The summed E-state index contributed by atoms with van der Waals surface area (Å²) in [5.74, 6) is 0.510. The van der Waals surface area contributed by atoms with Crippen LogP contribution in [0.1, 0.15) is 0 Å². The molecule has 3 rings (SSSR count). The first-order valence-corrected chi connectivity index (χ1v) is 11.3. The Morgan fingerprint density at radius 1 is 1.14 bits per heavy atom. The van der Waals surface area contributed by atoms with Gasteiger partial charge in [-0.2, -0.15) is 0 Å². The van der Waals surface area contributed by atoms with Crippen LogP contribution in [0.25, 0.3) is 0 Å². The van der Waals surface area contributed by atoms with Crippen molar-refractivity contribution in [3.63, 3.8) is 0 Å². The van der Waals surface area contributed by atoms with Gasteiger partial charge in [0.25, 0.3) is 0 Å². The fourth-order valence-electron chi connectivity index (χ4n) is 3.01. The van der Waals surface area contributed by atoms with Gasteiger partial charge < -0.3 is 15.1 Å². The van der Waals surface area contributed by atoms with Crippen molar-refractivity contribution < 1.29 is 12.8 Å². The van der Waals surface area contributed by atoms with Crippen LogP contribution in [-0.4, -0.2) is 65.6 Å². The lowest BCUT2D eigenvalue weighted by atomic mass is 10.2. The van der Waals surface area contributed by atoms with Crippen LogP contribution < -0.4 is 14.9 Å². The normalized spacial score (nSPS) is 15.7. The summed E-state index contributed by atoms with van der Waals surface area (Å²) in [5.41, 5.74) is 1.01. The maximum absolute atomic E-state index is 13.1. The number of hydrogen-bond donors (Lipinski definition) is 2. The van der Waals surface area contributed by atoms with Crippen molar-refractivity contribution in [1.82, 2.24) is 14.9 Å². The molecule has 0 atom stereocenters. The lowest BCUT2D eigenvalue weighted by Gasteiger charge is -2.37. The number of anilines is 1. The number of sulfonamides is 1. The van der Waals surface area contributed by atoms with Gasteiger partial charge in [0.1, 0.15) is 10.0 Å². The summed E-state index contributed by atoms with van der Waals surface area (Å²) in [6, 6.07) is 9.82. The van der Waals surface area contributed by atoms with E-state index in [1.165, 1.54) is 23.5 Å². The summed E-state index contributed by atoms with van der Waals surface area (Å²) in [7, 11) is -1.73. The lowest BCUT2D eigenvalue weighted by molar-refractivity contribution is 0.373. The number of aliphatic imine (C=N–C) groups is 1. The molecule has 0 amide bonds. The molecule has 0 aliphatic carbocycles. The van der Waals surface area contributed by atoms with Crippen molar-refractivity contribution in [3.05, 3.63) is 47.6 Å². The number of thiophene rings is 1. The lowest BCUT2D eigenvalue weighted by Crippen LogP contribution is -2.53. The summed E-state index contributed by atoms with van der Waals surface area (Å²) in [6.45, 7) is 3.87. The van der Waals surface area contributed by atoms with Crippen LogP contribution in [0.3, 0.4) is 0 Å². The van der Waals surface area contributed by atoms with Crippen molar-refractivity contribution >= 4 is 33.0 Å². The third kappa shape index (κ3) is 5.21. The molecule has 2 heterocycles. The molecule has 1 saturated heterocycles. The molecule has 1 aromatic heterocycles. The molecule has 0 unspecified atom stereocenters. The minimum absolute atomic E-state index is 0.235. The number of halogens is 1. The number of benzene rings is 1. The highest BCUT2D eigenvalue weighted by molar-refractivity contribution is 7.91. The van der Waals surface area contributed by atoms with Crippen LogP contribution in [0.2, 0.25) is 0 Å². The van der Waals surface area contributed by atoms with Crippen molar-refractivity contribution in [2.45, 2.75) is 4.21 Å². The van der Waals surface area contributed by atoms with Crippen LogP contribution in [0, 0.1) is 5.82 Å². The van der Waals surface area contributed by atoms with E-state index in [0.29, 0.717) is 10.8 Å². The summed E-state index contributed by atoms with van der Waals surface area (Å²) in [6.07, 6.45) is 0. The Morgan fingerprint density at radius 2 is 1.86 bits per heavy atom. The zero-order valence-electron chi connectivity index (χ0n) is 15.6. The van der Waals surface area contributed by atoms with Gasteiger partial charge in [-0.3, -0.25) is 4.99 Å². The van der Waals surface area contributed by atoms with Gasteiger partial charge in [0.05, 0.1) is 0 Å². The minimum atomic E-state index is -3.45. The number of nitrogens with one attached hydrogen (secondary N) is 2. The molecule has 1 fully saturated rings. The average Bonchev–Trinajstić information content (AvgIpc) is 3.25. The Labute approximate surface area is 168 Å². The monoisotopic (exact) mass is 425 g/mol. The van der Waals surface area contributed by atoms with Gasteiger partial charge in [0.2, 0.25) is 10.0 Å². The van der Waals surface area contributed by atoms with Crippen molar-refractivity contribution in [2.75, 3.05) is 51.2 Å². The second-order valence-electron chi connectivity index (χ2n) is 6.25. The van der Waals surface area contributed by atoms with E-state index in [-0.39, 0.29) is 12.4 Å². The number of guanidine groups is 1. The van der Waals surface area contributed by atoms with Gasteiger partial charge in [-0.05, 0) is 35.7 Å². The Balaban J connectivity index is 1.44. The van der Waals surface area contributed by atoms with Gasteiger partial charge in [-0.1, -0.05) is 6.07 Å². The molecule has 7 nitrogen and oxygen atoms in total. The quantitative estimate of drug-likeness (QED) is 0.417. The number of hydrogen-bond acceptors (Lipinski definition) is 5. The van der Waals surface area contributed by atoms with Gasteiger partial charge in [-0.25, -0.2) is 17.5 Å². The van der Waals surface area contributed by atoms with Gasteiger partial charge in [-0.15, -0.1) is 11.3 Å². The molecular weight excluding hydrogens is 401 g/mol. The van der Waals surface area contributed by atoms with Crippen LogP contribution in [0.5, 0.6) is 0 Å². The van der Waals surface area contributed by atoms with Crippen molar-refractivity contribution in [1.29, 1.82) is 0 Å². The number of rotatable bonds is 6. The topological polar surface area (TPSA) is 77.0 Å². The van der Waals surface area contributed by atoms with Gasteiger partial charge in [0, 0.05) is 52.0 Å². The molecule has 1 aliphatic heterocycles. The SMILES string of the molecule is CN=C(NCCNS(=O)(=O)c1cccs1)N1CCN(c2ccc(F)cc2)CC1. The summed E-state index contributed by atoms with van der Waals surface area (Å²) >= 11 is 1.19. The number of nitrogens with zero attached hydrogens (tertiary/aromatic N) is 3. The molecule has 0 radical (unpaired) electrons. The van der Waals surface area contributed by atoms with Gasteiger partial charge >= 0.3 is 0 Å². The van der Waals surface area contributed by atoms with E-state index in [4.69, 9.17) is 0 Å². The van der Waals surface area contributed by atoms with E-state index in [1.54, 1.807) is 36.7 Å². The minimum Gasteiger partial charge on any atom is -0.368 e. The molecular formula is C18H24FN5O2S2. The van der Waals surface area contributed by atoms with E-state index < -0.39 is 10.0 Å². The van der Waals surface area contributed by atoms with Crippen LogP contribution >= 0.6 is 11.3 Å². The largest absolute Gasteiger partial charge is 0.368 e. The smallest absolute Gasteiger partial charge is 0.250 e. The van der Waals surface area contributed by atoms with E-state index in [0.717, 1.165) is 37.8 Å². The maximum Gasteiger partial charge on any atom is 0.250 e. The summed E-state index contributed by atoms with van der Waals surface area (Å²) in [5, 5.41) is 4.94. The van der Waals surface area contributed by atoms with Gasteiger partial charge in [0.15, 0.2) is 5.96 Å². The first-order valence-electron chi connectivity index (χ1n) is 8.99. The summed E-state index contributed by atoms with van der Waals surface area (Å²) < 4.78 is 40.2. The Bertz CT molecular complexity index is 877. The van der Waals surface area contributed by atoms with Crippen LogP contribution in [0.4, 0.5) is 10.1 Å². The van der Waals surface area contributed by atoms with E-state index in [2.05, 4.69) is 24.8 Å². The zero-order chi connectivity index (χ0) is 20.0. The first-order chi connectivity index (χ1) is 13.5. The highest BCUT2D eigenvalue weighted by atomic mass is 32.2. The molecule has 1 aromatic carbocycles. The molecule has 1 aliphatic rings. The molecule has 28 heavy (non-hydrogen) atoms. The highest BCUT2D eigenvalue weighted by Gasteiger charge is 2.20.